The molecule has 0 aliphatic carbocycles. The molecule has 4 rings (SSSR count). The fourth-order valence-electron chi connectivity index (χ4n) is 3.54. The number of nitrogens with zero attached hydrogens (tertiary/aromatic N) is 4. The van der Waals surface area contributed by atoms with Crippen molar-refractivity contribution >= 4 is 44.3 Å². The van der Waals surface area contributed by atoms with Crippen LogP contribution in [0.5, 0.6) is 0 Å². The highest BCUT2D eigenvalue weighted by Crippen LogP contribution is 2.27. The summed E-state index contributed by atoms with van der Waals surface area (Å²) in [5.74, 6) is 0.224. The molecular formula is C21H21ClN4O4S. The summed E-state index contributed by atoms with van der Waals surface area (Å²) in [6.07, 6.45) is 0. The van der Waals surface area contributed by atoms with Crippen LogP contribution < -0.4 is 4.90 Å². The molecule has 8 nitrogen and oxygen atoms in total. The second kappa shape index (κ2) is 8.78. The molecular weight excluding hydrogens is 440 g/mol. The van der Waals surface area contributed by atoms with Crippen molar-refractivity contribution in [2.75, 3.05) is 37.7 Å². The summed E-state index contributed by atoms with van der Waals surface area (Å²) < 4.78 is 32.5. The number of fused-ring (bicyclic) bond motifs is 1. The maximum absolute atomic E-state index is 13.0. The van der Waals surface area contributed by atoms with E-state index in [1.807, 2.05) is 29.2 Å². The van der Waals surface area contributed by atoms with Gasteiger partial charge in [-0.15, -0.1) is 0 Å². The smallest absolute Gasteiger partial charge is 0.338 e. The Kier molecular flexibility index (Phi) is 6.08. The number of hydrogen-bond donors (Lipinski definition) is 0. The highest BCUT2D eigenvalue weighted by atomic mass is 35.5. The predicted octanol–water partition coefficient (Wildman–Crippen LogP) is 2.97. The van der Waals surface area contributed by atoms with Gasteiger partial charge in [0.05, 0.1) is 22.6 Å². The highest BCUT2D eigenvalue weighted by Gasteiger charge is 2.30. The number of rotatable bonds is 5. The van der Waals surface area contributed by atoms with Crippen molar-refractivity contribution in [2.45, 2.75) is 11.8 Å². The average Bonchev–Trinajstić information content (AvgIpc) is 2.79. The maximum Gasteiger partial charge on any atom is 0.338 e. The largest absolute Gasteiger partial charge is 0.462 e. The zero-order valence-corrected chi connectivity index (χ0v) is 18.4. The summed E-state index contributed by atoms with van der Waals surface area (Å²) in [7, 11) is -3.68. The lowest BCUT2D eigenvalue weighted by Crippen LogP contribution is -2.49. The first-order valence-corrected chi connectivity index (χ1v) is 11.7. The molecule has 0 unspecified atom stereocenters. The summed E-state index contributed by atoms with van der Waals surface area (Å²) in [5.41, 5.74) is 1.06. The number of aromatic nitrogens is 2. The number of hydrogen-bond acceptors (Lipinski definition) is 7. The Bertz CT molecular complexity index is 1210. The Morgan fingerprint density at radius 2 is 1.71 bits per heavy atom. The molecule has 10 heteroatoms. The van der Waals surface area contributed by atoms with Gasteiger partial charge in [-0.2, -0.15) is 9.29 Å². The van der Waals surface area contributed by atoms with Crippen molar-refractivity contribution in [2.24, 2.45) is 0 Å². The van der Waals surface area contributed by atoms with Gasteiger partial charge in [-0.1, -0.05) is 12.1 Å². The number of carbonyl (C=O) groups is 1. The molecule has 0 N–H and O–H groups in total. The molecule has 0 saturated carbocycles. The first-order valence-electron chi connectivity index (χ1n) is 9.84. The summed E-state index contributed by atoms with van der Waals surface area (Å²) in [4.78, 5) is 22.6. The van der Waals surface area contributed by atoms with Crippen LogP contribution >= 0.6 is 11.6 Å². The van der Waals surface area contributed by atoms with Crippen molar-refractivity contribution in [3.05, 3.63) is 59.4 Å². The van der Waals surface area contributed by atoms with Gasteiger partial charge in [-0.05, 0) is 54.9 Å². The van der Waals surface area contributed by atoms with E-state index >= 15 is 0 Å². The summed E-state index contributed by atoms with van der Waals surface area (Å²) in [5, 5.41) is 1.03. The van der Waals surface area contributed by atoms with Crippen LogP contribution in [0.15, 0.2) is 53.4 Å². The zero-order chi connectivity index (χ0) is 22.0. The third kappa shape index (κ3) is 4.34. The molecule has 2 aromatic carbocycles. The molecule has 1 aliphatic heterocycles. The van der Waals surface area contributed by atoms with Crippen LogP contribution in [0.4, 0.5) is 5.82 Å². The molecule has 1 saturated heterocycles. The fraction of sp³-hybridized carbons (Fsp3) is 0.286. The van der Waals surface area contributed by atoms with Crippen LogP contribution in [0.1, 0.15) is 17.3 Å². The van der Waals surface area contributed by atoms with Crippen LogP contribution in [0.3, 0.4) is 0 Å². The number of benzene rings is 2. The molecule has 1 fully saturated rings. The minimum atomic E-state index is -3.68. The zero-order valence-electron chi connectivity index (χ0n) is 16.9. The molecule has 1 aliphatic rings. The molecule has 3 aromatic rings. The van der Waals surface area contributed by atoms with E-state index in [1.165, 1.54) is 28.6 Å². The Hall–Kier alpha value is -2.75. The highest BCUT2D eigenvalue weighted by molar-refractivity contribution is 7.89. The van der Waals surface area contributed by atoms with Gasteiger partial charge >= 0.3 is 5.97 Å². The lowest BCUT2D eigenvalue weighted by atomic mass is 10.2. The van der Waals surface area contributed by atoms with Crippen molar-refractivity contribution in [1.82, 2.24) is 14.3 Å². The lowest BCUT2D eigenvalue weighted by Gasteiger charge is -2.35. The number of anilines is 1. The van der Waals surface area contributed by atoms with Gasteiger partial charge in [-0.25, -0.2) is 18.2 Å². The third-order valence-electron chi connectivity index (χ3n) is 5.10. The number of halogens is 1. The van der Waals surface area contributed by atoms with E-state index in [4.69, 9.17) is 16.3 Å². The Morgan fingerprint density at radius 1 is 1.03 bits per heavy atom. The van der Waals surface area contributed by atoms with Crippen LogP contribution in [0, 0.1) is 0 Å². The van der Waals surface area contributed by atoms with Crippen molar-refractivity contribution < 1.29 is 17.9 Å². The molecule has 162 valence electrons. The van der Waals surface area contributed by atoms with Crippen molar-refractivity contribution in [3.63, 3.8) is 0 Å². The van der Waals surface area contributed by atoms with Gasteiger partial charge in [0.25, 0.3) is 0 Å². The van der Waals surface area contributed by atoms with E-state index in [0.717, 1.165) is 10.9 Å². The number of para-hydroxylation sites is 1. The van der Waals surface area contributed by atoms with Gasteiger partial charge in [0.2, 0.25) is 15.3 Å². The number of esters is 1. The molecule has 2 heterocycles. The van der Waals surface area contributed by atoms with Crippen LogP contribution in [0.25, 0.3) is 10.9 Å². The van der Waals surface area contributed by atoms with Gasteiger partial charge in [-0.3, -0.25) is 0 Å². The standard InChI is InChI=1S/C21H21ClN4O4S/c1-2-30-20(27)15-7-9-16(10-8-15)31(28,29)26-13-11-25(12-14-26)19-17-5-3-4-6-18(17)23-21(22)24-19/h3-10H,2,11-14H2,1H3. The normalized spacial score (nSPS) is 15.2. The van der Waals surface area contributed by atoms with E-state index in [1.54, 1.807) is 6.92 Å². The van der Waals surface area contributed by atoms with Gasteiger partial charge in [0.1, 0.15) is 5.82 Å². The summed E-state index contributed by atoms with van der Waals surface area (Å²) >= 11 is 6.09. The minimum absolute atomic E-state index is 0.143. The summed E-state index contributed by atoms with van der Waals surface area (Å²) in [6, 6.07) is 13.4. The molecule has 0 amide bonds. The molecule has 0 spiro atoms. The number of ether oxygens (including phenoxy) is 1. The lowest BCUT2D eigenvalue weighted by molar-refractivity contribution is 0.0526. The number of carbonyl (C=O) groups excluding carboxylic acids is 1. The molecule has 0 bridgehead atoms. The predicted molar refractivity (Wildman–Crippen MR) is 118 cm³/mol. The quantitative estimate of drug-likeness (QED) is 0.427. The Labute approximate surface area is 185 Å². The maximum atomic E-state index is 13.0. The van der Waals surface area contributed by atoms with E-state index in [-0.39, 0.29) is 16.8 Å². The van der Waals surface area contributed by atoms with E-state index in [9.17, 15) is 13.2 Å². The van der Waals surface area contributed by atoms with E-state index < -0.39 is 16.0 Å². The SMILES string of the molecule is CCOC(=O)c1ccc(S(=O)(=O)N2CCN(c3nc(Cl)nc4ccccc34)CC2)cc1. The fourth-order valence-corrected chi connectivity index (χ4v) is 5.13. The topological polar surface area (TPSA) is 92.7 Å². The molecule has 31 heavy (non-hydrogen) atoms. The Balaban J connectivity index is 1.50. The van der Waals surface area contributed by atoms with E-state index in [2.05, 4.69) is 9.97 Å². The van der Waals surface area contributed by atoms with Crippen LogP contribution in [-0.4, -0.2) is 61.4 Å². The van der Waals surface area contributed by atoms with E-state index in [0.29, 0.717) is 37.6 Å². The first-order chi connectivity index (χ1) is 14.9. The third-order valence-corrected chi connectivity index (χ3v) is 7.18. The second-order valence-electron chi connectivity index (χ2n) is 6.97. The molecule has 1 aromatic heterocycles. The summed E-state index contributed by atoms with van der Waals surface area (Å²) in [6.45, 7) is 3.52. The van der Waals surface area contributed by atoms with Crippen LogP contribution in [-0.2, 0) is 14.8 Å². The average molecular weight is 461 g/mol. The molecule has 0 radical (unpaired) electrons. The van der Waals surface area contributed by atoms with Crippen molar-refractivity contribution in [1.29, 1.82) is 0 Å². The second-order valence-corrected chi connectivity index (χ2v) is 9.25. The van der Waals surface area contributed by atoms with Crippen LogP contribution in [0.2, 0.25) is 5.28 Å². The van der Waals surface area contributed by atoms with Gasteiger partial charge in [0, 0.05) is 31.6 Å². The number of piperazine rings is 1. The van der Waals surface area contributed by atoms with Gasteiger partial charge in [0.15, 0.2) is 0 Å². The monoisotopic (exact) mass is 460 g/mol. The van der Waals surface area contributed by atoms with Gasteiger partial charge < -0.3 is 9.64 Å². The number of sulfonamides is 1. The molecule has 0 atom stereocenters. The minimum Gasteiger partial charge on any atom is -0.462 e. The Morgan fingerprint density at radius 3 is 2.39 bits per heavy atom. The first kappa shape index (κ1) is 21.5. The van der Waals surface area contributed by atoms with Crippen molar-refractivity contribution in [3.8, 4) is 0 Å².